The van der Waals surface area contributed by atoms with Crippen molar-refractivity contribution in [2.24, 2.45) is 0 Å². The zero-order valence-electron chi connectivity index (χ0n) is 18.9. The summed E-state index contributed by atoms with van der Waals surface area (Å²) in [6, 6.07) is 8.58. The predicted octanol–water partition coefficient (Wildman–Crippen LogP) is 3.67. The predicted molar refractivity (Wildman–Crippen MR) is 123 cm³/mol. The van der Waals surface area contributed by atoms with Crippen LogP contribution >= 0.6 is 0 Å². The Bertz CT molecular complexity index is 965. The van der Waals surface area contributed by atoms with E-state index in [0.717, 1.165) is 35.7 Å². The van der Waals surface area contributed by atoms with Crippen molar-refractivity contribution in [1.29, 1.82) is 0 Å². The molecule has 1 aliphatic rings. The molecule has 1 unspecified atom stereocenters. The Morgan fingerprint density at radius 2 is 1.63 bits per heavy atom. The second kappa shape index (κ2) is 9.43. The molecule has 7 heteroatoms. The molecule has 0 saturated carbocycles. The van der Waals surface area contributed by atoms with Crippen molar-refractivity contribution in [2.45, 2.75) is 53.4 Å². The van der Waals surface area contributed by atoms with Crippen LogP contribution in [0.2, 0.25) is 0 Å². The highest BCUT2D eigenvalue weighted by Crippen LogP contribution is 2.28. The number of hydrogen-bond acceptors (Lipinski definition) is 5. The summed E-state index contributed by atoms with van der Waals surface area (Å²) in [7, 11) is -3.15. The molecular weight excluding hydrogens is 396 g/mol. The van der Waals surface area contributed by atoms with Crippen molar-refractivity contribution in [1.82, 2.24) is 14.3 Å². The van der Waals surface area contributed by atoms with E-state index in [-0.39, 0.29) is 11.7 Å². The van der Waals surface area contributed by atoms with Crippen LogP contribution in [0.15, 0.2) is 24.3 Å². The van der Waals surface area contributed by atoms with Gasteiger partial charge in [-0.3, -0.25) is 0 Å². The number of anilines is 1. The number of aromatic nitrogens is 2. The van der Waals surface area contributed by atoms with Crippen molar-refractivity contribution >= 4 is 15.8 Å². The van der Waals surface area contributed by atoms with Crippen molar-refractivity contribution in [3.05, 3.63) is 52.5 Å². The average molecular weight is 431 g/mol. The van der Waals surface area contributed by atoms with Gasteiger partial charge in [-0.25, -0.2) is 18.4 Å². The first-order valence-corrected chi connectivity index (χ1v) is 12.5. The maximum Gasteiger partial charge on any atom is 0.213 e. The molecule has 0 spiro atoms. The Morgan fingerprint density at radius 1 is 1.00 bits per heavy atom. The Morgan fingerprint density at radius 3 is 2.20 bits per heavy atom. The third kappa shape index (κ3) is 5.01. The average Bonchev–Trinajstić information content (AvgIpc) is 2.75. The van der Waals surface area contributed by atoms with Crippen LogP contribution in [-0.4, -0.2) is 54.6 Å². The molecule has 2 heterocycles. The van der Waals surface area contributed by atoms with E-state index in [1.54, 1.807) is 11.2 Å². The third-order valence-corrected chi connectivity index (χ3v) is 7.94. The van der Waals surface area contributed by atoms with Gasteiger partial charge in [-0.1, -0.05) is 43.7 Å². The lowest BCUT2D eigenvalue weighted by molar-refractivity contribution is 0.384. The molecule has 1 atom stereocenters. The quantitative estimate of drug-likeness (QED) is 0.670. The molecule has 3 rings (SSSR count). The fraction of sp³-hybridized carbons (Fsp3) is 0.565. The van der Waals surface area contributed by atoms with Gasteiger partial charge in [0, 0.05) is 49.8 Å². The van der Waals surface area contributed by atoms with Crippen LogP contribution in [0.5, 0.6) is 0 Å². The van der Waals surface area contributed by atoms with Gasteiger partial charge >= 0.3 is 0 Å². The van der Waals surface area contributed by atoms with Crippen LogP contribution < -0.4 is 4.90 Å². The fourth-order valence-corrected chi connectivity index (χ4v) is 4.83. The van der Waals surface area contributed by atoms with Crippen molar-refractivity contribution < 1.29 is 8.42 Å². The smallest absolute Gasteiger partial charge is 0.213 e. The lowest BCUT2D eigenvalue weighted by Crippen LogP contribution is -2.49. The number of aryl methyl sites for hydroxylation is 2. The highest BCUT2D eigenvalue weighted by Gasteiger charge is 2.28. The number of piperazine rings is 1. The lowest BCUT2D eigenvalue weighted by Gasteiger charge is -2.36. The van der Waals surface area contributed by atoms with Crippen molar-refractivity contribution in [2.75, 3.05) is 36.8 Å². The van der Waals surface area contributed by atoms with Crippen molar-refractivity contribution in [3.63, 3.8) is 0 Å². The van der Waals surface area contributed by atoms with Crippen LogP contribution in [0.3, 0.4) is 0 Å². The second-order valence-corrected chi connectivity index (χ2v) is 10.5. The summed E-state index contributed by atoms with van der Waals surface area (Å²) in [4.78, 5) is 12.1. The van der Waals surface area contributed by atoms with Gasteiger partial charge < -0.3 is 4.90 Å². The zero-order valence-corrected chi connectivity index (χ0v) is 19.7. The van der Waals surface area contributed by atoms with Gasteiger partial charge in [0.15, 0.2) is 0 Å². The van der Waals surface area contributed by atoms with Gasteiger partial charge in [-0.15, -0.1) is 0 Å². The normalized spacial score (nSPS) is 16.6. The maximum absolute atomic E-state index is 12.3. The first-order valence-electron chi connectivity index (χ1n) is 10.9. The molecule has 0 amide bonds. The summed E-state index contributed by atoms with van der Waals surface area (Å²) in [6.45, 7) is 12.5. The Labute approximate surface area is 181 Å². The molecule has 0 bridgehead atoms. The Kier molecular flexibility index (Phi) is 7.14. The van der Waals surface area contributed by atoms with E-state index in [2.05, 4.69) is 56.9 Å². The van der Waals surface area contributed by atoms with Gasteiger partial charge in [0.2, 0.25) is 10.0 Å². The van der Waals surface area contributed by atoms with Crippen LogP contribution in [0.25, 0.3) is 0 Å². The monoisotopic (exact) mass is 430 g/mol. The minimum absolute atomic E-state index is 0.149. The molecule has 30 heavy (non-hydrogen) atoms. The van der Waals surface area contributed by atoms with E-state index in [9.17, 15) is 8.42 Å². The number of sulfonamides is 1. The molecule has 0 aliphatic carbocycles. The molecule has 0 radical (unpaired) electrons. The summed E-state index contributed by atoms with van der Waals surface area (Å²) < 4.78 is 26.1. The number of nitrogens with zero attached hydrogens (tertiary/aromatic N) is 4. The van der Waals surface area contributed by atoms with Gasteiger partial charge in [0.1, 0.15) is 11.6 Å². The lowest BCUT2D eigenvalue weighted by atomic mass is 10.0. The number of rotatable bonds is 7. The molecule has 0 N–H and O–H groups in total. The Balaban J connectivity index is 1.94. The largest absolute Gasteiger partial charge is 0.354 e. The van der Waals surface area contributed by atoms with E-state index in [1.807, 2.05) is 0 Å². The molecule has 1 aliphatic heterocycles. The second-order valence-electron chi connectivity index (χ2n) is 8.23. The van der Waals surface area contributed by atoms with Crippen LogP contribution in [-0.2, 0) is 16.4 Å². The number of hydrogen-bond donors (Lipinski definition) is 0. The SMILES string of the molecule is CCC(C)c1nc(C)c(Cc2ccc(C)cc2)c(N2CCN(S(=O)(=O)CC)CC2)n1. The third-order valence-electron chi connectivity index (χ3n) is 6.06. The van der Waals surface area contributed by atoms with E-state index in [1.165, 1.54) is 11.1 Å². The zero-order chi connectivity index (χ0) is 21.9. The fourth-order valence-electron chi connectivity index (χ4n) is 3.74. The molecule has 2 aromatic rings. The Hall–Kier alpha value is -1.99. The molecule has 1 aromatic carbocycles. The van der Waals surface area contributed by atoms with Gasteiger partial charge in [0.05, 0.1) is 5.75 Å². The van der Waals surface area contributed by atoms with Crippen LogP contribution in [0.4, 0.5) is 5.82 Å². The van der Waals surface area contributed by atoms with Gasteiger partial charge in [0.25, 0.3) is 0 Å². The van der Waals surface area contributed by atoms with Crippen LogP contribution in [0.1, 0.15) is 61.3 Å². The maximum atomic E-state index is 12.3. The first kappa shape index (κ1) is 22.7. The highest BCUT2D eigenvalue weighted by atomic mass is 32.2. The summed E-state index contributed by atoms with van der Waals surface area (Å²) in [5, 5.41) is 0. The van der Waals surface area contributed by atoms with E-state index < -0.39 is 10.0 Å². The van der Waals surface area contributed by atoms with Gasteiger partial charge in [-0.2, -0.15) is 4.31 Å². The molecule has 6 nitrogen and oxygen atoms in total. The van der Waals surface area contributed by atoms with Gasteiger partial charge in [-0.05, 0) is 32.8 Å². The molecule has 164 valence electrons. The van der Waals surface area contributed by atoms with E-state index in [4.69, 9.17) is 9.97 Å². The molecular formula is C23H34N4O2S. The topological polar surface area (TPSA) is 66.4 Å². The summed E-state index contributed by atoms with van der Waals surface area (Å²) in [5.74, 6) is 2.28. The minimum atomic E-state index is -3.15. The summed E-state index contributed by atoms with van der Waals surface area (Å²) >= 11 is 0. The molecule has 1 saturated heterocycles. The standard InChI is InChI=1S/C23H34N4O2S/c1-6-18(4)22-24-19(5)21(16-20-10-8-17(3)9-11-20)23(25-22)26-12-14-27(15-13-26)30(28,29)7-2/h8-11,18H,6-7,12-16H2,1-5H3. The van der Waals surface area contributed by atoms with E-state index >= 15 is 0 Å². The number of benzene rings is 1. The molecule has 1 aromatic heterocycles. The molecule has 1 fully saturated rings. The summed E-state index contributed by atoms with van der Waals surface area (Å²) in [5.41, 5.74) is 4.63. The first-order chi connectivity index (χ1) is 14.2. The minimum Gasteiger partial charge on any atom is -0.354 e. The van der Waals surface area contributed by atoms with Crippen LogP contribution in [0, 0.1) is 13.8 Å². The van der Waals surface area contributed by atoms with E-state index in [0.29, 0.717) is 26.2 Å². The summed E-state index contributed by atoms with van der Waals surface area (Å²) in [6.07, 6.45) is 1.76. The van der Waals surface area contributed by atoms with Crippen molar-refractivity contribution in [3.8, 4) is 0 Å². The highest BCUT2D eigenvalue weighted by molar-refractivity contribution is 7.89.